The van der Waals surface area contributed by atoms with E-state index in [9.17, 15) is 18.5 Å². The number of anilines is 1. The molecule has 0 aliphatic heterocycles. The van der Waals surface area contributed by atoms with Crippen LogP contribution in [0, 0.1) is 21.8 Å². The van der Waals surface area contributed by atoms with E-state index in [1.165, 1.54) is 31.4 Å². The second-order valence-electron chi connectivity index (χ2n) is 7.47. The van der Waals surface area contributed by atoms with Crippen LogP contribution in [0.5, 0.6) is 17.2 Å². The fraction of sp³-hybridized carbons (Fsp3) is 0.154. The molecule has 8 nitrogen and oxygen atoms in total. The second-order valence-corrected chi connectivity index (χ2v) is 10.2. The average Bonchev–Trinajstić information content (AvgIpc) is 2.85. The van der Waals surface area contributed by atoms with Gasteiger partial charge in [-0.25, -0.2) is 0 Å². The lowest BCUT2D eigenvalue weighted by Crippen LogP contribution is -2.13. The maximum Gasteiger partial charge on any atom is 0.339 e. The molecule has 0 aliphatic rings. The van der Waals surface area contributed by atoms with Crippen LogP contribution in [0.25, 0.3) is 6.08 Å². The van der Waals surface area contributed by atoms with E-state index in [1.807, 2.05) is 35.6 Å². The number of nitriles is 1. The normalized spacial score (nSPS) is 11.4. The Hall–Kier alpha value is -3.56. The first-order valence-electron chi connectivity index (χ1n) is 10.7. The van der Waals surface area contributed by atoms with Crippen molar-refractivity contribution < 1.29 is 26.9 Å². The summed E-state index contributed by atoms with van der Waals surface area (Å²) in [5.41, 5.74) is 1.69. The molecular formula is C26H23IN2O6S. The molecule has 0 aliphatic carbocycles. The Kier molecular flexibility index (Phi) is 8.95. The van der Waals surface area contributed by atoms with Gasteiger partial charge in [-0.2, -0.15) is 13.7 Å². The van der Waals surface area contributed by atoms with Gasteiger partial charge in [-0.15, -0.1) is 0 Å². The molecule has 3 rings (SSSR count). The zero-order valence-corrected chi connectivity index (χ0v) is 22.7. The number of carbonyl (C=O) groups is 1. The number of methoxy groups -OCH3 is 1. The van der Waals surface area contributed by atoms with E-state index in [0.29, 0.717) is 20.6 Å². The van der Waals surface area contributed by atoms with Gasteiger partial charge in [-0.05, 0) is 84.5 Å². The van der Waals surface area contributed by atoms with Gasteiger partial charge in [-0.3, -0.25) is 4.79 Å². The molecule has 0 saturated heterocycles. The number of hydrogen-bond donors (Lipinski definition) is 1. The molecule has 186 valence electrons. The quantitative estimate of drug-likeness (QED) is 0.149. The van der Waals surface area contributed by atoms with Crippen LogP contribution in [-0.2, 0) is 14.9 Å². The van der Waals surface area contributed by atoms with Gasteiger partial charge in [0.1, 0.15) is 22.3 Å². The fourth-order valence-corrected chi connectivity index (χ4v) is 4.93. The van der Waals surface area contributed by atoms with Crippen LogP contribution in [0.1, 0.15) is 18.1 Å². The third-order valence-electron chi connectivity index (χ3n) is 4.84. The highest BCUT2D eigenvalue weighted by Gasteiger charge is 2.22. The van der Waals surface area contributed by atoms with E-state index in [0.717, 1.165) is 5.56 Å². The van der Waals surface area contributed by atoms with Crippen LogP contribution in [0.15, 0.2) is 71.1 Å². The summed E-state index contributed by atoms with van der Waals surface area (Å²) in [5, 5.41) is 12.3. The Bertz CT molecular complexity index is 1440. The van der Waals surface area contributed by atoms with Gasteiger partial charge in [0.15, 0.2) is 11.5 Å². The first-order valence-corrected chi connectivity index (χ1v) is 13.2. The number of nitrogens with zero attached hydrogens (tertiary/aromatic N) is 1. The number of amides is 1. The van der Waals surface area contributed by atoms with Crippen molar-refractivity contribution in [3.05, 3.63) is 80.9 Å². The lowest BCUT2D eigenvalue weighted by molar-refractivity contribution is -0.112. The zero-order chi connectivity index (χ0) is 26.3. The average molecular weight is 618 g/mol. The van der Waals surface area contributed by atoms with Crippen molar-refractivity contribution in [1.82, 2.24) is 0 Å². The van der Waals surface area contributed by atoms with E-state index in [2.05, 4.69) is 5.32 Å². The van der Waals surface area contributed by atoms with Crippen LogP contribution in [0.4, 0.5) is 5.69 Å². The van der Waals surface area contributed by atoms with Crippen molar-refractivity contribution in [2.75, 3.05) is 19.0 Å². The van der Waals surface area contributed by atoms with Crippen molar-refractivity contribution in [3.8, 4) is 23.3 Å². The van der Waals surface area contributed by atoms with Gasteiger partial charge >= 0.3 is 10.1 Å². The Morgan fingerprint density at radius 3 is 2.50 bits per heavy atom. The monoisotopic (exact) mass is 618 g/mol. The molecule has 36 heavy (non-hydrogen) atoms. The van der Waals surface area contributed by atoms with Crippen molar-refractivity contribution in [3.63, 3.8) is 0 Å². The molecule has 0 aromatic heterocycles. The molecule has 3 aromatic rings. The fourth-order valence-electron chi connectivity index (χ4n) is 3.09. The Morgan fingerprint density at radius 1 is 1.14 bits per heavy atom. The summed E-state index contributed by atoms with van der Waals surface area (Å²) in [5.74, 6) is 0.134. The topological polar surface area (TPSA) is 115 Å². The minimum Gasteiger partial charge on any atom is -0.497 e. The first kappa shape index (κ1) is 27.0. The van der Waals surface area contributed by atoms with Crippen molar-refractivity contribution in [2.24, 2.45) is 0 Å². The number of aryl methyl sites for hydroxylation is 1. The van der Waals surface area contributed by atoms with Gasteiger partial charge in [-0.1, -0.05) is 23.8 Å². The SMILES string of the molecule is CCOc1cc(/C=C(\C#N)C(=O)Nc2cccc(OC)c2)cc(I)c1OS(=O)(=O)c1ccc(C)cc1. The van der Waals surface area contributed by atoms with E-state index in [-0.39, 0.29) is 28.6 Å². The van der Waals surface area contributed by atoms with Crippen molar-refractivity contribution >= 4 is 50.4 Å². The van der Waals surface area contributed by atoms with E-state index in [1.54, 1.807) is 49.4 Å². The second kappa shape index (κ2) is 11.9. The predicted molar refractivity (Wildman–Crippen MR) is 145 cm³/mol. The maximum absolute atomic E-state index is 12.8. The van der Waals surface area contributed by atoms with Gasteiger partial charge in [0.25, 0.3) is 5.91 Å². The molecular weight excluding hydrogens is 595 g/mol. The number of nitrogens with one attached hydrogen (secondary N) is 1. The van der Waals surface area contributed by atoms with Gasteiger partial charge in [0, 0.05) is 11.8 Å². The highest BCUT2D eigenvalue weighted by Crippen LogP contribution is 2.37. The summed E-state index contributed by atoms with van der Waals surface area (Å²) in [7, 11) is -2.60. The Labute approximate surface area is 223 Å². The van der Waals surface area contributed by atoms with Crippen LogP contribution in [0.2, 0.25) is 0 Å². The maximum atomic E-state index is 12.8. The number of rotatable bonds is 9. The Morgan fingerprint density at radius 2 is 1.86 bits per heavy atom. The third kappa shape index (κ3) is 6.77. The van der Waals surface area contributed by atoms with Crippen LogP contribution < -0.4 is 19.0 Å². The lowest BCUT2D eigenvalue weighted by Gasteiger charge is -2.15. The molecule has 3 aromatic carbocycles. The minimum absolute atomic E-state index is 0.0105. The molecule has 10 heteroatoms. The molecule has 0 bridgehead atoms. The number of ether oxygens (including phenoxy) is 2. The number of carbonyl (C=O) groups excluding carboxylic acids is 1. The van der Waals surface area contributed by atoms with Gasteiger partial charge in [0.2, 0.25) is 0 Å². The van der Waals surface area contributed by atoms with Gasteiger partial charge < -0.3 is 19.0 Å². The predicted octanol–water partition coefficient (Wildman–Crippen LogP) is 5.32. The molecule has 1 N–H and O–H groups in total. The standard InChI is InChI=1S/C26H23IN2O6S/c1-4-34-24-14-18(12-19(16-28)26(30)29-20-6-5-7-21(15-20)33-3)13-23(27)25(24)35-36(31,32)22-10-8-17(2)9-11-22/h5-15H,4H2,1-3H3,(H,29,30)/b19-12+. The first-order chi connectivity index (χ1) is 17.2. The third-order valence-corrected chi connectivity index (χ3v) is 6.87. The summed E-state index contributed by atoms with van der Waals surface area (Å²) in [6, 6.07) is 18.0. The molecule has 0 spiro atoms. The largest absolute Gasteiger partial charge is 0.497 e. The zero-order valence-electron chi connectivity index (χ0n) is 19.7. The highest BCUT2D eigenvalue weighted by atomic mass is 127. The van der Waals surface area contributed by atoms with E-state index < -0.39 is 16.0 Å². The van der Waals surface area contributed by atoms with E-state index in [4.69, 9.17) is 13.7 Å². The summed E-state index contributed by atoms with van der Waals surface area (Å²) < 4.78 is 42.3. The van der Waals surface area contributed by atoms with E-state index >= 15 is 0 Å². The smallest absolute Gasteiger partial charge is 0.339 e. The summed E-state index contributed by atoms with van der Waals surface area (Å²) in [6.07, 6.45) is 1.39. The number of halogens is 1. The summed E-state index contributed by atoms with van der Waals surface area (Å²) >= 11 is 1.92. The number of hydrogen-bond acceptors (Lipinski definition) is 7. The van der Waals surface area contributed by atoms with Crippen LogP contribution >= 0.6 is 22.6 Å². The van der Waals surface area contributed by atoms with Crippen molar-refractivity contribution in [2.45, 2.75) is 18.7 Å². The lowest BCUT2D eigenvalue weighted by atomic mass is 10.1. The molecule has 1 amide bonds. The molecule has 0 atom stereocenters. The number of benzene rings is 3. The Balaban J connectivity index is 1.93. The molecule has 0 heterocycles. The highest BCUT2D eigenvalue weighted by molar-refractivity contribution is 14.1. The molecule has 0 radical (unpaired) electrons. The van der Waals surface area contributed by atoms with Crippen LogP contribution in [0.3, 0.4) is 0 Å². The minimum atomic E-state index is -4.11. The summed E-state index contributed by atoms with van der Waals surface area (Å²) in [4.78, 5) is 12.7. The molecule has 0 fully saturated rings. The van der Waals surface area contributed by atoms with Crippen LogP contribution in [-0.4, -0.2) is 28.0 Å². The summed E-state index contributed by atoms with van der Waals surface area (Å²) in [6.45, 7) is 3.84. The van der Waals surface area contributed by atoms with Crippen molar-refractivity contribution in [1.29, 1.82) is 5.26 Å². The molecule has 0 saturated carbocycles. The van der Waals surface area contributed by atoms with Gasteiger partial charge in [0.05, 0.1) is 17.3 Å². The molecule has 0 unspecified atom stereocenters.